The van der Waals surface area contributed by atoms with Crippen LogP contribution < -0.4 is 10.1 Å². The van der Waals surface area contributed by atoms with E-state index < -0.39 is 49.8 Å². The van der Waals surface area contributed by atoms with Crippen molar-refractivity contribution < 1.29 is 50.9 Å². The first kappa shape index (κ1) is 30.4. The van der Waals surface area contributed by atoms with Gasteiger partial charge in [-0.3, -0.25) is 0 Å². The largest absolute Gasteiger partial charge is 0.492 e. The van der Waals surface area contributed by atoms with Crippen LogP contribution in [0.4, 0.5) is 26.7 Å². The summed E-state index contributed by atoms with van der Waals surface area (Å²) >= 11 is 0. The zero-order valence-electron chi connectivity index (χ0n) is 19.6. The summed E-state index contributed by atoms with van der Waals surface area (Å²) < 4.78 is 79.3. The number of benzene rings is 1. The van der Waals surface area contributed by atoms with Gasteiger partial charge in [-0.2, -0.15) is 13.2 Å². The predicted octanol–water partition coefficient (Wildman–Crippen LogP) is 3.73. The molecule has 13 heteroatoms. The summed E-state index contributed by atoms with van der Waals surface area (Å²) in [5, 5.41) is 10.9. The molecule has 35 heavy (non-hydrogen) atoms. The molecule has 0 saturated carbocycles. The van der Waals surface area contributed by atoms with Crippen LogP contribution in [0.25, 0.3) is 0 Å². The Morgan fingerprint density at radius 3 is 2.23 bits per heavy atom. The average Bonchev–Trinajstić information content (AvgIpc) is 2.79. The molecule has 2 amide bonds. The predicted molar refractivity (Wildman–Crippen MR) is 116 cm³/mol. The first-order chi connectivity index (χ1) is 16.4. The molecule has 1 aromatic carbocycles. The highest BCUT2D eigenvalue weighted by Crippen LogP contribution is 2.18. The Morgan fingerprint density at radius 1 is 1.06 bits per heavy atom. The number of nitrogens with one attached hydrogen (secondary N) is 1. The topological polar surface area (TPSA) is 97.3 Å². The number of carbonyl (C=O) groups excluding carboxylic acids is 1. The van der Waals surface area contributed by atoms with Crippen molar-refractivity contribution in [1.29, 1.82) is 0 Å². The van der Waals surface area contributed by atoms with Gasteiger partial charge in [-0.25, -0.2) is 18.4 Å². The van der Waals surface area contributed by atoms with Crippen LogP contribution in [-0.2, 0) is 20.7 Å². The van der Waals surface area contributed by atoms with E-state index in [1.807, 2.05) is 0 Å². The Morgan fingerprint density at radius 2 is 1.69 bits per heavy atom. The number of hydrogen-bond donors (Lipinski definition) is 2. The van der Waals surface area contributed by atoms with Crippen LogP contribution in [0.2, 0.25) is 0 Å². The lowest BCUT2D eigenvalue weighted by atomic mass is 10.1. The van der Waals surface area contributed by atoms with Gasteiger partial charge in [0.2, 0.25) is 0 Å². The van der Waals surface area contributed by atoms with Crippen LogP contribution in [0.3, 0.4) is 0 Å². The second-order valence-corrected chi connectivity index (χ2v) is 7.50. The van der Waals surface area contributed by atoms with Crippen molar-refractivity contribution in [1.82, 2.24) is 10.2 Å². The van der Waals surface area contributed by atoms with Gasteiger partial charge in [0.15, 0.2) is 6.10 Å². The second kappa shape index (κ2) is 14.7. The number of nitrogens with zero attached hydrogens (tertiary/aromatic N) is 1. The van der Waals surface area contributed by atoms with Gasteiger partial charge in [0.05, 0.1) is 13.2 Å². The summed E-state index contributed by atoms with van der Waals surface area (Å²) in [5.41, 5.74) is 0.687. The van der Waals surface area contributed by atoms with E-state index in [0.717, 1.165) is 4.90 Å². The molecule has 0 aliphatic rings. The number of rotatable bonds is 16. The van der Waals surface area contributed by atoms with Crippen LogP contribution in [0, 0.1) is 0 Å². The maximum atomic E-state index is 13.3. The van der Waals surface area contributed by atoms with Gasteiger partial charge in [0.1, 0.15) is 25.5 Å². The molecule has 0 fully saturated rings. The number of carboxylic acids is 1. The fourth-order valence-corrected chi connectivity index (χ4v) is 2.73. The normalized spacial score (nSPS) is 12.8. The van der Waals surface area contributed by atoms with E-state index in [9.17, 15) is 31.5 Å². The minimum absolute atomic E-state index is 0.0966. The number of carboxylic acid groups (broad SMARTS) is 1. The van der Waals surface area contributed by atoms with Crippen molar-refractivity contribution in [2.24, 2.45) is 0 Å². The monoisotopic (exact) mass is 514 g/mol. The molecular weight excluding hydrogens is 483 g/mol. The highest BCUT2D eigenvalue weighted by molar-refractivity contribution is 5.74. The Balaban J connectivity index is 2.62. The van der Waals surface area contributed by atoms with E-state index in [4.69, 9.17) is 19.3 Å². The molecule has 0 aromatic heterocycles. The Hall–Kier alpha value is -2.67. The number of carbonyl (C=O) groups is 2. The van der Waals surface area contributed by atoms with E-state index >= 15 is 0 Å². The number of amides is 2. The Labute approximate surface area is 200 Å². The number of alkyl halides is 5. The maximum Gasteiger partial charge on any atom is 0.405 e. The SMILES string of the molecule is CCOC(Cc1ccc(OCCN(CCOCC(F)(F)CC)C(=O)NCC(F)(F)F)cc1)C(=O)O. The minimum Gasteiger partial charge on any atom is -0.492 e. The van der Waals surface area contributed by atoms with E-state index in [0.29, 0.717) is 11.3 Å². The first-order valence-corrected chi connectivity index (χ1v) is 11.0. The molecule has 0 saturated heterocycles. The molecule has 0 heterocycles. The molecule has 200 valence electrons. The van der Waals surface area contributed by atoms with Crippen LogP contribution in [-0.4, -0.2) is 86.3 Å². The maximum absolute atomic E-state index is 13.3. The van der Waals surface area contributed by atoms with Gasteiger partial charge in [0.25, 0.3) is 5.92 Å². The summed E-state index contributed by atoms with van der Waals surface area (Å²) in [7, 11) is 0. The van der Waals surface area contributed by atoms with E-state index in [1.54, 1.807) is 36.5 Å². The lowest BCUT2D eigenvalue weighted by Crippen LogP contribution is -2.46. The van der Waals surface area contributed by atoms with Crippen molar-refractivity contribution >= 4 is 12.0 Å². The zero-order valence-corrected chi connectivity index (χ0v) is 19.6. The second-order valence-electron chi connectivity index (χ2n) is 7.50. The Kier molecular flexibility index (Phi) is 12.7. The number of aliphatic carboxylic acids is 1. The van der Waals surface area contributed by atoms with Crippen molar-refractivity contribution in [3.8, 4) is 5.75 Å². The fraction of sp³-hybridized carbons (Fsp3) is 0.636. The van der Waals surface area contributed by atoms with E-state index in [-0.39, 0.29) is 39.3 Å². The molecule has 1 unspecified atom stereocenters. The molecule has 8 nitrogen and oxygen atoms in total. The minimum atomic E-state index is -4.61. The smallest absolute Gasteiger partial charge is 0.405 e. The lowest BCUT2D eigenvalue weighted by molar-refractivity contribution is -0.150. The van der Waals surface area contributed by atoms with Crippen molar-refractivity contribution in [3.05, 3.63) is 29.8 Å². The first-order valence-electron chi connectivity index (χ1n) is 11.0. The molecule has 1 aromatic rings. The zero-order chi connectivity index (χ0) is 26.5. The van der Waals surface area contributed by atoms with Crippen molar-refractivity contribution in [3.63, 3.8) is 0 Å². The summed E-state index contributed by atoms with van der Waals surface area (Å²) in [4.78, 5) is 24.3. The summed E-state index contributed by atoms with van der Waals surface area (Å²) in [6.45, 7) is 0.0605. The Bertz CT molecular complexity index is 777. The van der Waals surface area contributed by atoms with Crippen LogP contribution in [0.15, 0.2) is 24.3 Å². The number of hydrogen-bond acceptors (Lipinski definition) is 5. The van der Waals surface area contributed by atoms with Crippen molar-refractivity contribution in [2.75, 3.05) is 46.1 Å². The highest BCUT2D eigenvalue weighted by Gasteiger charge is 2.29. The summed E-state index contributed by atoms with van der Waals surface area (Å²) in [6, 6.07) is 5.39. The molecule has 1 atom stereocenters. The average molecular weight is 514 g/mol. The number of halogens is 5. The van der Waals surface area contributed by atoms with Gasteiger partial charge >= 0.3 is 18.2 Å². The molecule has 1 rings (SSSR count). The summed E-state index contributed by atoms with van der Waals surface area (Å²) in [6.07, 6.45) is -5.89. The standard InChI is InChI=1S/C22H31F5N2O6/c1-3-21(23,24)15-33-11-9-29(20(32)28-14-22(25,26)27)10-12-35-17-7-5-16(6-8-17)13-18(19(30)31)34-4-2/h5-8,18H,3-4,9-15H2,1-2H3,(H,28,32)(H,30,31). The summed E-state index contributed by atoms with van der Waals surface area (Å²) in [5.74, 6) is -3.74. The fourth-order valence-electron chi connectivity index (χ4n) is 2.73. The highest BCUT2D eigenvalue weighted by atomic mass is 19.4. The third-order valence-electron chi connectivity index (χ3n) is 4.68. The van der Waals surface area contributed by atoms with Gasteiger partial charge in [-0.15, -0.1) is 0 Å². The lowest BCUT2D eigenvalue weighted by Gasteiger charge is -2.24. The van der Waals surface area contributed by atoms with Gasteiger partial charge in [-0.05, 0) is 24.6 Å². The molecule has 0 spiro atoms. The van der Waals surface area contributed by atoms with Crippen molar-refractivity contribution in [2.45, 2.75) is 44.9 Å². The van der Waals surface area contributed by atoms with Crippen LogP contribution in [0.5, 0.6) is 5.75 Å². The quantitative estimate of drug-likeness (QED) is 0.258. The molecule has 2 N–H and O–H groups in total. The van der Waals surface area contributed by atoms with Gasteiger partial charge < -0.3 is 29.5 Å². The number of ether oxygens (including phenoxy) is 3. The molecule has 0 aliphatic heterocycles. The molecule has 0 bridgehead atoms. The molecular formula is C22H31F5N2O6. The van der Waals surface area contributed by atoms with E-state index in [2.05, 4.69) is 0 Å². The van der Waals surface area contributed by atoms with Gasteiger partial charge in [-0.1, -0.05) is 19.1 Å². The number of urea groups is 1. The van der Waals surface area contributed by atoms with Crippen LogP contribution in [0.1, 0.15) is 25.8 Å². The van der Waals surface area contributed by atoms with Gasteiger partial charge in [0, 0.05) is 26.0 Å². The third kappa shape index (κ3) is 13.1. The van der Waals surface area contributed by atoms with E-state index in [1.165, 1.54) is 6.92 Å². The molecule has 0 aliphatic carbocycles. The third-order valence-corrected chi connectivity index (χ3v) is 4.68. The van der Waals surface area contributed by atoms with Crippen LogP contribution >= 0.6 is 0 Å². The molecule has 0 radical (unpaired) electrons.